The number of hydrogen-bond donors (Lipinski definition) is 5. The van der Waals surface area contributed by atoms with E-state index < -0.39 is 36.9 Å². The molecule has 29 heavy (non-hydrogen) atoms. The number of benzene rings is 1. The van der Waals surface area contributed by atoms with E-state index in [0.717, 1.165) is 5.56 Å². The van der Waals surface area contributed by atoms with Gasteiger partial charge in [-0.3, -0.25) is 16.0 Å². The summed E-state index contributed by atoms with van der Waals surface area (Å²) in [6.07, 6.45) is -4.33. The molecule has 4 rings (SSSR count). The molecule has 3 aliphatic heterocycles. The quantitative estimate of drug-likeness (QED) is 0.189. The second-order valence-electron chi connectivity index (χ2n) is 6.91. The highest BCUT2D eigenvalue weighted by molar-refractivity contribution is 14.1. The molecule has 0 bridgehead atoms. The number of rotatable bonds is 5. The van der Waals surface area contributed by atoms with E-state index in [0.29, 0.717) is 21.9 Å². The van der Waals surface area contributed by atoms with E-state index in [2.05, 4.69) is 20.3 Å². The Kier molecular flexibility index (Phi) is 5.67. The fraction of sp³-hybridized carbons (Fsp3) is 0.471. The van der Waals surface area contributed by atoms with Crippen LogP contribution in [-0.4, -0.2) is 79.2 Å². The molecule has 1 saturated heterocycles. The average molecular weight is 518 g/mol. The molecule has 6 N–H and O–H groups in total. The number of ether oxygens (including phenoxy) is 1. The summed E-state index contributed by atoms with van der Waals surface area (Å²) in [5.41, 5.74) is 7.65. The van der Waals surface area contributed by atoms with E-state index in [1.807, 2.05) is 22.6 Å². The fourth-order valence-corrected chi connectivity index (χ4v) is 4.05. The molecule has 1 aromatic rings. The van der Waals surface area contributed by atoms with Crippen molar-refractivity contribution in [1.29, 1.82) is 0 Å². The maximum atomic E-state index is 13.1. The highest BCUT2D eigenvalue weighted by Crippen LogP contribution is 2.29. The van der Waals surface area contributed by atoms with E-state index in [9.17, 15) is 19.7 Å². The molecule has 0 spiro atoms. The predicted molar refractivity (Wildman–Crippen MR) is 111 cm³/mol. The minimum atomic E-state index is -1.38. The average Bonchev–Trinajstić information content (AvgIpc) is 3.23. The molecule has 0 radical (unpaired) electrons. The lowest BCUT2D eigenvalue weighted by Crippen LogP contribution is -2.63. The van der Waals surface area contributed by atoms with Crippen molar-refractivity contribution in [3.63, 3.8) is 0 Å². The summed E-state index contributed by atoms with van der Waals surface area (Å²) in [6.45, 7) is -0.0243. The zero-order valence-corrected chi connectivity index (χ0v) is 17.3. The lowest BCUT2D eigenvalue weighted by atomic mass is 10.1. The highest BCUT2D eigenvalue weighted by Gasteiger charge is 2.51. The minimum Gasteiger partial charge on any atom is -0.394 e. The van der Waals surface area contributed by atoms with E-state index in [1.165, 1.54) is 12.1 Å². The van der Waals surface area contributed by atoms with Crippen molar-refractivity contribution in [1.82, 2.24) is 10.2 Å². The number of aliphatic hydroxyl groups is 3. The van der Waals surface area contributed by atoms with Crippen LogP contribution in [-0.2, 0) is 11.3 Å². The number of hydrogen-bond acceptors (Lipinski definition) is 10. The van der Waals surface area contributed by atoms with E-state index in [1.54, 1.807) is 17.0 Å². The van der Waals surface area contributed by atoms with Crippen molar-refractivity contribution in [2.45, 2.75) is 36.9 Å². The number of aliphatic imine (C=N–C) groups is 3. The second-order valence-corrected chi connectivity index (χ2v) is 7.87. The fourth-order valence-electron chi connectivity index (χ4n) is 3.44. The standard InChI is InChI=1S/C17H20FIN6O4/c18-9-3-1-8(2-4-9)5-22-17(20)13-14(23-16(19)24-17)25(7-21-13)15-12(28)11(27)10(6-26)29-15/h1-4,10-12,15,22,26-28H,5-7,20H2/t10-,11-,12-,15-,17?/m1/s1. The number of fused-ring (bicyclic) bond motifs is 1. The van der Waals surface area contributed by atoms with Gasteiger partial charge in [0.05, 0.1) is 6.61 Å². The first-order chi connectivity index (χ1) is 13.8. The van der Waals surface area contributed by atoms with E-state index in [4.69, 9.17) is 10.5 Å². The van der Waals surface area contributed by atoms with Crippen LogP contribution in [0.25, 0.3) is 0 Å². The van der Waals surface area contributed by atoms with Gasteiger partial charge in [0.15, 0.2) is 15.9 Å². The third kappa shape index (κ3) is 3.81. The first-order valence-electron chi connectivity index (χ1n) is 8.89. The molecule has 1 fully saturated rings. The van der Waals surface area contributed by atoms with Crippen molar-refractivity contribution in [3.8, 4) is 0 Å². The Morgan fingerprint density at radius 2 is 2.03 bits per heavy atom. The topological polar surface area (TPSA) is 148 Å². The number of halogens is 2. The third-order valence-electron chi connectivity index (χ3n) is 4.99. The normalized spacial score (nSPS) is 34.0. The van der Waals surface area contributed by atoms with Crippen LogP contribution in [0.15, 0.2) is 39.2 Å². The lowest BCUT2D eigenvalue weighted by molar-refractivity contribution is -0.0688. The second kappa shape index (κ2) is 7.94. The summed E-state index contributed by atoms with van der Waals surface area (Å²) >= 11 is 1.93. The molecule has 12 heteroatoms. The van der Waals surface area contributed by atoms with Gasteiger partial charge in [-0.2, -0.15) is 0 Å². The maximum Gasteiger partial charge on any atom is 0.212 e. The molecule has 0 aliphatic carbocycles. The van der Waals surface area contributed by atoms with Crippen molar-refractivity contribution >= 4 is 38.0 Å². The Bertz CT molecular complexity index is 881. The third-order valence-corrected chi connectivity index (χ3v) is 5.47. The van der Waals surface area contributed by atoms with Crippen molar-refractivity contribution in [2.75, 3.05) is 13.3 Å². The Balaban J connectivity index is 1.54. The zero-order valence-electron chi connectivity index (χ0n) is 15.1. The Morgan fingerprint density at radius 1 is 1.31 bits per heavy atom. The number of nitrogens with one attached hydrogen (secondary N) is 1. The van der Waals surface area contributed by atoms with Crippen LogP contribution < -0.4 is 11.1 Å². The van der Waals surface area contributed by atoms with Crippen LogP contribution in [0.2, 0.25) is 0 Å². The molecule has 156 valence electrons. The SMILES string of the molecule is NC1(NCc2ccc(F)cc2)N=C(I)N=C2C1=NCN2[C@@H]1O[C@H](CO)[C@@H](O)[C@H]1O. The largest absolute Gasteiger partial charge is 0.394 e. The maximum absolute atomic E-state index is 13.1. The van der Waals surface area contributed by atoms with Crippen LogP contribution in [0.3, 0.4) is 0 Å². The molecule has 5 atom stereocenters. The van der Waals surface area contributed by atoms with Crippen LogP contribution in [0.1, 0.15) is 5.56 Å². The van der Waals surface area contributed by atoms with Gasteiger partial charge in [-0.1, -0.05) is 12.1 Å². The number of nitrogens with two attached hydrogens (primary N) is 1. The Labute approximate surface area is 179 Å². The zero-order chi connectivity index (χ0) is 20.8. The van der Waals surface area contributed by atoms with Gasteiger partial charge in [0.25, 0.3) is 0 Å². The molecule has 0 aromatic heterocycles. The van der Waals surface area contributed by atoms with E-state index in [-0.39, 0.29) is 12.5 Å². The van der Waals surface area contributed by atoms with Gasteiger partial charge < -0.3 is 25.0 Å². The number of aliphatic hydroxyl groups excluding tert-OH is 3. The van der Waals surface area contributed by atoms with Crippen molar-refractivity contribution in [3.05, 3.63) is 35.6 Å². The molecule has 10 nitrogen and oxygen atoms in total. The number of amidine groups is 2. The Hall–Kier alpha value is -1.55. The van der Waals surface area contributed by atoms with Gasteiger partial charge in [0, 0.05) is 29.1 Å². The predicted octanol–water partition coefficient (Wildman–Crippen LogP) is -1.12. The highest BCUT2D eigenvalue weighted by atomic mass is 127. The van der Waals surface area contributed by atoms with Gasteiger partial charge >= 0.3 is 0 Å². The van der Waals surface area contributed by atoms with Crippen molar-refractivity contribution in [2.24, 2.45) is 20.7 Å². The lowest BCUT2D eigenvalue weighted by Gasteiger charge is -2.33. The van der Waals surface area contributed by atoms with Gasteiger partial charge in [-0.15, -0.1) is 0 Å². The molecule has 3 aliphatic rings. The van der Waals surface area contributed by atoms with Crippen LogP contribution in [0.4, 0.5) is 4.39 Å². The van der Waals surface area contributed by atoms with Crippen LogP contribution >= 0.6 is 22.6 Å². The summed E-state index contributed by atoms with van der Waals surface area (Å²) in [5, 5.41) is 32.8. The molecule has 3 heterocycles. The summed E-state index contributed by atoms with van der Waals surface area (Å²) in [6, 6.07) is 6.00. The first kappa shape index (κ1) is 20.7. The smallest absolute Gasteiger partial charge is 0.212 e. The summed E-state index contributed by atoms with van der Waals surface area (Å²) in [7, 11) is 0. The minimum absolute atomic E-state index is 0.0946. The van der Waals surface area contributed by atoms with Gasteiger partial charge in [-0.05, 0) is 17.7 Å². The molecule has 1 unspecified atom stereocenters. The van der Waals surface area contributed by atoms with Crippen LogP contribution in [0, 0.1) is 5.82 Å². The Morgan fingerprint density at radius 3 is 2.69 bits per heavy atom. The molecule has 0 saturated carbocycles. The van der Waals surface area contributed by atoms with E-state index >= 15 is 0 Å². The van der Waals surface area contributed by atoms with Crippen molar-refractivity contribution < 1.29 is 24.4 Å². The summed E-state index contributed by atoms with van der Waals surface area (Å²) in [4.78, 5) is 14.8. The molecular weight excluding hydrogens is 498 g/mol. The van der Waals surface area contributed by atoms with Gasteiger partial charge in [0.1, 0.15) is 36.5 Å². The molecule has 0 amide bonds. The molecule has 1 aromatic carbocycles. The number of nitrogens with zero attached hydrogens (tertiary/aromatic N) is 4. The summed E-state index contributed by atoms with van der Waals surface area (Å²) in [5.74, 6) is -1.34. The van der Waals surface area contributed by atoms with Crippen LogP contribution in [0.5, 0.6) is 0 Å². The summed E-state index contributed by atoms with van der Waals surface area (Å²) < 4.78 is 19.1. The van der Waals surface area contributed by atoms with Gasteiger partial charge in [-0.25, -0.2) is 14.4 Å². The monoisotopic (exact) mass is 518 g/mol. The first-order valence-corrected chi connectivity index (χ1v) is 9.97. The van der Waals surface area contributed by atoms with Gasteiger partial charge in [0.2, 0.25) is 5.79 Å². The molecular formula is C17H20FIN6O4.